The van der Waals surface area contributed by atoms with E-state index in [-0.39, 0.29) is 29.2 Å². The van der Waals surface area contributed by atoms with Crippen molar-refractivity contribution in [1.82, 2.24) is 14.8 Å². The van der Waals surface area contributed by atoms with Gasteiger partial charge in [0.1, 0.15) is 5.82 Å². The molecule has 144 valence electrons. The average Bonchev–Trinajstić information content (AvgIpc) is 3.21. The second kappa shape index (κ2) is 7.73. The third-order valence-corrected chi connectivity index (χ3v) is 4.16. The quantitative estimate of drug-likeness (QED) is 0.681. The average molecular weight is 378 g/mol. The Balaban J connectivity index is 1.89. The summed E-state index contributed by atoms with van der Waals surface area (Å²) >= 11 is 0. The van der Waals surface area contributed by atoms with Crippen molar-refractivity contribution in [3.63, 3.8) is 0 Å². The third-order valence-electron chi connectivity index (χ3n) is 4.16. The molecular weight excluding hydrogens is 358 g/mol. The highest BCUT2D eigenvalue weighted by molar-refractivity contribution is 5.95. The molecule has 2 heterocycles. The number of amides is 1. The summed E-state index contributed by atoms with van der Waals surface area (Å²) in [5.74, 6) is 0.666. The Kier molecular flexibility index (Phi) is 5.38. The zero-order chi connectivity index (χ0) is 19.6. The van der Waals surface area contributed by atoms with E-state index in [1.165, 1.54) is 12.1 Å². The highest BCUT2D eigenvalue weighted by Gasteiger charge is 2.19. The van der Waals surface area contributed by atoms with Crippen molar-refractivity contribution in [2.75, 3.05) is 5.32 Å². The molecule has 0 aliphatic heterocycles. The maximum absolute atomic E-state index is 12.6. The van der Waals surface area contributed by atoms with Crippen molar-refractivity contribution in [2.45, 2.75) is 39.7 Å². The summed E-state index contributed by atoms with van der Waals surface area (Å²) in [6, 6.07) is 2.91. The number of hydrogen-bond donors (Lipinski definition) is 1. The third kappa shape index (κ3) is 3.91. The number of rotatable bonds is 7. The van der Waals surface area contributed by atoms with E-state index < -0.39 is 6.61 Å². The smallest absolute Gasteiger partial charge is 0.387 e. The number of aryl methyl sites for hydroxylation is 3. The fraction of sp³-hybridized carbons (Fsp3) is 0.389. The normalized spacial score (nSPS) is 11.3. The first-order valence-corrected chi connectivity index (χ1v) is 8.59. The van der Waals surface area contributed by atoms with Gasteiger partial charge in [0, 0.05) is 24.6 Å². The number of carbonyl (C=O) groups excluding carboxylic acids is 1. The molecule has 27 heavy (non-hydrogen) atoms. The van der Waals surface area contributed by atoms with E-state index in [1.54, 1.807) is 17.9 Å². The molecule has 3 aromatic rings. The molecule has 7 nitrogen and oxygen atoms in total. The van der Waals surface area contributed by atoms with Crippen molar-refractivity contribution in [3.05, 3.63) is 35.3 Å². The fourth-order valence-corrected chi connectivity index (χ4v) is 2.81. The molecule has 0 radical (unpaired) electrons. The van der Waals surface area contributed by atoms with Crippen LogP contribution in [0.25, 0.3) is 11.1 Å². The number of fused-ring (bicyclic) bond motifs is 1. The molecule has 3 rings (SSSR count). The molecule has 0 aliphatic rings. The van der Waals surface area contributed by atoms with Gasteiger partial charge >= 0.3 is 6.61 Å². The van der Waals surface area contributed by atoms with Crippen LogP contribution in [-0.4, -0.2) is 27.3 Å². The van der Waals surface area contributed by atoms with Crippen molar-refractivity contribution in [2.24, 2.45) is 7.05 Å². The molecule has 1 aromatic carbocycles. The summed E-state index contributed by atoms with van der Waals surface area (Å²) in [6.07, 6.45) is 2.92. The van der Waals surface area contributed by atoms with Gasteiger partial charge in [-0.05, 0) is 12.5 Å². The van der Waals surface area contributed by atoms with Crippen LogP contribution < -0.4 is 10.1 Å². The highest BCUT2D eigenvalue weighted by Crippen LogP contribution is 2.31. The minimum Gasteiger partial charge on any atom is -0.440 e. The molecular formula is C18H20F2N4O3. The SMILES string of the molecule is CCc1nc2c(OC(F)F)ccc(CC(=O)Nc3c(CC)cnn3C)c2o1. The zero-order valence-electron chi connectivity index (χ0n) is 15.3. The Bertz CT molecular complexity index is 965. The van der Waals surface area contributed by atoms with Gasteiger partial charge in [-0.25, -0.2) is 4.98 Å². The molecule has 0 saturated carbocycles. The van der Waals surface area contributed by atoms with Crippen LogP contribution in [0.2, 0.25) is 0 Å². The molecule has 0 atom stereocenters. The molecule has 0 spiro atoms. The Morgan fingerprint density at radius 2 is 2.07 bits per heavy atom. The van der Waals surface area contributed by atoms with Crippen molar-refractivity contribution >= 4 is 22.8 Å². The van der Waals surface area contributed by atoms with E-state index in [2.05, 4.69) is 20.1 Å². The molecule has 1 N–H and O–H groups in total. The van der Waals surface area contributed by atoms with Crippen LogP contribution in [0.5, 0.6) is 5.75 Å². The van der Waals surface area contributed by atoms with E-state index in [9.17, 15) is 13.6 Å². The molecule has 0 saturated heterocycles. The molecule has 9 heteroatoms. The number of hydrogen-bond acceptors (Lipinski definition) is 5. The maximum Gasteiger partial charge on any atom is 0.387 e. The molecule has 1 amide bonds. The van der Waals surface area contributed by atoms with Crippen LogP contribution in [-0.2, 0) is 31.1 Å². The van der Waals surface area contributed by atoms with E-state index in [0.717, 1.165) is 12.0 Å². The predicted molar refractivity (Wildman–Crippen MR) is 94.9 cm³/mol. The largest absolute Gasteiger partial charge is 0.440 e. The standard InChI is InChI=1S/C18H20F2N4O3/c1-4-10-9-21-24(3)17(10)22-13(25)8-11-6-7-12(26-18(19)20)15-16(11)27-14(5-2)23-15/h6-7,9,18H,4-5,8H2,1-3H3,(H,22,25). The van der Waals surface area contributed by atoms with Crippen LogP contribution >= 0.6 is 0 Å². The summed E-state index contributed by atoms with van der Waals surface area (Å²) in [5.41, 5.74) is 1.93. The highest BCUT2D eigenvalue weighted by atomic mass is 19.3. The number of carbonyl (C=O) groups is 1. The Hall–Kier alpha value is -2.97. The Labute approximate surface area is 154 Å². The van der Waals surface area contributed by atoms with Gasteiger partial charge in [0.15, 0.2) is 22.7 Å². The van der Waals surface area contributed by atoms with Crippen LogP contribution in [0, 0.1) is 0 Å². The number of anilines is 1. The minimum atomic E-state index is -2.97. The molecule has 0 aliphatic carbocycles. The van der Waals surface area contributed by atoms with E-state index in [0.29, 0.717) is 23.7 Å². The van der Waals surface area contributed by atoms with Crippen LogP contribution in [0.4, 0.5) is 14.6 Å². The first-order chi connectivity index (χ1) is 12.9. The van der Waals surface area contributed by atoms with Gasteiger partial charge in [0.25, 0.3) is 0 Å². The lowest BCUT2D eigenvalue weighted by atomic mass is 10.1. The number of halogens is 2. The predicted octanol–water partition coefficient (Wildman–Crippen LogP) is 3.47. The number of oxazole rings is 1. The number of ether oxygens (including phenoxy) is 1. The lowest BCUT2D eigenvalue weighted by molar-refractivity contribution is -0.115. The van der Waals surface area contributed by atoms with E-state index in [1.807, 2.05) is 13.8 Å². The number of benzene rings is 1. The van der Waals surface area contributed by atoms with Gasteiger partial charge < -0.3 is 14.5 Å². The Morgan fingerprint density at radius 1 is 1.30 bits per heavy atom. The molecule has 0 fully saturated rings. The fourth-order valence-electron chi connectivity index (χ4n) is 2.81. The van der Waals surface area contributed by atoms with Crippen molar-refractivity contribution < 1.29 is 22.7 Å². The van der Waals surface area contributed by atoms with Crippen LogP contribution in [0.1, 0.15) is 30.9 Å². The number of aromatic nitrogens is 3. The van der Waals surface area contributed by atoms with Crippen molar-refractivity contribution in [1.29, 1.82) is 0 Å². The second-order valence-corrected chi connectivity index (χ2v) is 5.96. The molecule has 0 bridgehead atoms. The first kappa shape index (κ1) is 18.8. The zero-order valence-corrected chi connectivity index (χ0v) is 15.3. The monoisotopic (exact) mass is 378 g/mol. The summed E-state index contributed by atoms with van der Waals surface area (Å²) < 4.78 is 37.0. The lowest BCUT2D eigenvalue weighted by Gasteiger charge is -2.09. The minimum absolute atomic E-state index is 0.00184. The van der Waals surface area contributed by atoms with Crippen molar-refractivity contribution in [3.8, 4) is 5.75 Å². The summed E-state index contributed by atoms with van der Waals surface area (Å²) in [7, 11) is 1.74. The summed E-state index contributed by atoms with van der Waals surface area (Å²) in [6.45, 7) is 0.833. The molecule has 0 unspecified atom stereocenters. The number of nitrogens with zero attached hydrogens (tertiary/aromatic N) is 3. The van der Waals surface area contributed by atoms with Crippen LogP contribution in [0.3, 0.4) is 0 Å². The van der Waals surface area contributed by atoms with Gasteiger partial charge in [-0.15, -0.1) is 0 Å². The van der Waals surface area contributed by atoms with E-state index >= 15 is 0 Å². The lowest BCUT2D eigenvalue weighted by Crippen LogP contribution is -2.17. The Morgan fingerprint density at radius 3 is 2.74 bits per heavy atom. The van der Waals surface area contributed by atoms with Gasteiger partial charge in [-0.3, -0.25) is 9.48 Å². The van der Waals surface area contributed by atoms with Crippen LogP contribution in [0.15, 0.2) is 22.7 Å². The maximum atomic E-state index is 12.6. The van der Waals surface area contributed by atoms with Gasteiger partial charge in [-0.1, -0.05) is 19.9 Å². The van der Waals surface area contributed by atoms with Gasteiger partial charge in [0.2, 0.25) is 5.91 Å². The van der Waals surface area contributed by atoms with Gasteiger partial charge in [-0.2, -0.15) is 13.9 Å². The van der Waals surface area contributed by atoms with E-state index in [4.69, 9.17) is 4.42 Å². The van der Waals surface area contributed by atoms with Gasteiger partial charge in [0.05, 0.1) is 12.6 Å². The second-order valence-electron chi connectivity index (χ2n) is 5.96. The topological polar surface area (TPSA) is 82.2 Å². The molecule has 2 aromatic heterocycles. The first-order valence-electron chi connectivity index (χ1n) is 8.59. The number of nitrogens with one attached hydrogen (secondary N) is 1. The number of alkyl halides is 2. The summed E-state index contributed by atoms with van der Waals surface area (Å²) in [4.78, 5) is 16.7. The summed E-state index contributed by atoms with van der Waals surface area (Å²) in [5, 5.41) is 6.98.